The van der Waals surface area contributed by atoms with Gasteiger partial charge in [-0.1, -0.05) is 42.8 Å². The highest BCUT2D eigenvalue weighted by molar-refractivity contribution is 6.30. The Morgan fingerprint density at radius 2 is 1.67 bits per heavy atom. The molecule has 0 saturated heterocycles. The van der Waals surface area contributed by atoms with Crippen molar-refractivity contribution < 1.29 is 27.9 Å². The van der Waals surface area contributed by atoms with Gasteiger partial charge >= 0.3 is 12.1 Å². The monoisotopic (exact) mass is 555 g/mol. The summed E-state index contributed by atoms with van der Waals surface area (Å²) >= 11 is 5.90. The Morgan fingerprint density at radius 1 is 0.974 bits per heavy atom. The molecule has 4 aromatic rings. The normalized spacial score (nSPS) is 12.3. The number of fused-ring (bicyclic) bond motifs is 1. The molecule has 1 heterocycles. The summed E-state index contributed by atoms with van der Waals surface area (Å²) in [7, 11) is 0. The second-order valence-corrected chi connectivity index (χ2v) is 9.78. The van der Waals surface area contributed by atoms with E-state index in [1.165, 1.54) is 12.1 Å². The summed E-state index contributed by atoms with van der Waals surface area (Å²) in [5.41, 5.74) is 2.79. The molecular formula is C29H25ClF3N3O3. The molecule has 39 heavy (non-hydrogen) atoms. The van der Waals surface area contributed by atoms with Crippen molar-refractivity contribution in [1.82, 2.24) is 15.3 Å². The fourth-order valence-corrected chi connectivity index (χ4v) is 4.25. The number of amides is 1. The number of halogens is 4. The van der Waals surface area contributed by atoms with Gasteiger partial charge in [-0.05, 0) is 66.8 Å². The topological polar surface area (TPSA) is 92.2 Å². The van der Waals surface area contributed by atoms with E-state index in [0.29, 0.717) is 58.0 Å². The van der Waals surface area contributed by atoms with E-state index in [2.05, 4.69) is 10.3 Å². The Kier molecular flexibility index (Phi) is 8.50. The number of nitrogens with one attached hydrogen (secondary N) is 1. The van der Waals surface area contributed by atoms with Crippen molar-refractivity contribution in [2.75, 3.05) is 0 Å². The van der Waals surface area contributed by atoms with Gasteiger partial charge in [-0.15, -0.1) is 0 Å². The first-order valence-corrected chi connectivity index (χ1v) is 12.6. The van der Waals surface area contributed by atoms with Gasteiger partial charge in [-0.3, -0.25) is 9.59 Å². The molecule has 1 atom stereocenters. The Bertz CT molecular complexity index is 1490. The number of carboxylic acid groups (broad SMARTS) is 1. The maximum Gasteiger partial charge on any atom is 0.416 e. The Balaban J connectivity index is 1.64. The molecule has 1 amide bonds. The van der Waals surface area contributed by atoms with Crippen molar-refractivity contribution in [3.8, 4) is 11.3 Å². The molecule has 6 nitrogen and oxygen atoms in total. The number of hydrogen-bond acceptors (Lipinski definition) is 4. The quantitative estimate of drug-likeness (QED) is 0.233. The number of aromatic nitrogens is 2. The first-order chi connectivity index (χ1) is 18.5. The van der Waals surface area contributed by atoms with E-state index in [1.807, 2.05) is 19.1 Å². The molecule has 1 aromatic heterocycles. The number of carbonyl (C=O) groups is 2. The minimum Gasteiger partial charge on any atom is -0.481 e. The van der Waals surface area contributed by atoms with Crippen LogP contribution < -0.4 is 5.32 Å². The molecule has 0 aliphatic heterocycles. The lowest BCUT2D eigenvalue weighted by atomic mass is 9.97. The molecule has 202 valence electrons. The lowest BCUT2D eigenvalue weighted by Gasteiger charge is -2.14. The van der Waals surface area contributed by atoms with Gasteiger partial charge in [0.1, 0.15) is 0 Å². The number of aryl methyl sites for hydroxylation is 1. The van der Waals surface area contributed by atoms with Gasteiger partial charge in [0.25, 0.3) is 5.91 Å². The highest BCUT2D eigenvalue weighted by atomic mass is 35.5. The molecule has 0 aliphatic rings. The van der Waals surface area contributed by atoms with Crippen LogP contribution >= 0.6 is 11.6 Å². The summed E-state index contributed by atoms with van der Waals surface area (Å²) in [5, 5.41) is 12.5. The van der Waals surface area contributed by atoms with Crippen LogP contribution in [0.4, 0.5) is 13.2 Å². The number of rotatable bonds is 9. The highest BCUT2D eigenvalue weighted by Crippen LogP contribution is 2.32. The smallest absolute Gasteiger partial charge is 0.416 e. The highest BCUT2D eigenvalue weighted by Gasteiger charge is 2.30. The summed E-state index contributed by atoms with van der Waals surface area (Å²) in [6.07, 6.45) is -3.64. The summed E-state index contributed by atoms with van der Waals surface area (Å²) in [5.74, 6) is -1.37. The second kappa shape index (κ2) is 11.8. The van der Waals surface area contributed by atoms with Crippen LogP contribution in [-0.4, -0.2) is 27.0 Å². The lowest BCUT2D eigenvalue weighted by Crippen LogP contribution is -2.22. The van der Waals surface area contributed by atoms with E-state index < -0.39 is 17.7 Å². The Labute approximate surface area is 227 Å². The minimum atomic E-state index is -4.47. The van der Waals surface area contributed by atoms with Crippen LogP contribution in [0, 0.1) is 5.92 Å². The number of benzene rings is 3. The molecule has 0 spiro atoms. The minimum absolute atomic E-state index is 0.0193. The molecule has 0 aliphatic carbocycles. The summed E-state index contributed by atoms with van der Waals surface area (Å²) in [6.45, 7) is 2.11. The van der Waals surface area contributed by atoms with E-state index in [1.54, 1.807) is 30.3 Å². The average molecular weight is 556 g/mol. The average Bonchev–Trinajstić information content (AvgIpc) is 2.89. The third-order valence-corrected chi connectivity index (χ3v) is 6.50. The van der Waals surface area contributed by atoms with Crippen molar-refractivity contribution in [1.29, 1.82) is 0 Å². The predicted octanol–water partition coefficient (Wildman–Crippen LogP) is 6.94. The summed E-state index contributed by atoms with van der Waals surface area (Å²) in [4.78, 5) is 33.3. The fraction of sp³-hybridized carbons (Fsp3) is 0.241. The van der Waals surface area contributed by atoms with E-state index in [-0.39, 0.29) is 18.2 Å². The van der Waals surface area contributed by atoms with Crippen LogP contribution in [0.3, 0.4) is 0 Å². The molecule has 0 radical (unpaired) electrons. The van der Waals surface area contributed by atoms with Crippen molar-refractivity contribution in [2.45, 2.75) is 38.9 Å². The van der Waals surface area contributed by atoms with Gasteiger partial charge in [-0.2, -0.15) is 13.2 Å². The standard InChI is InChI=1S/C29H25ClF3N3O3/c1-17(14-26(37)38)2-12-24-27(19-5-8-21(9-6-19)29(31,32)33)36-23-13-7-20(15-25(23)35-24)28(39)34-16-18-3-10-22(30)11-4-18/h3-11,13,15,17H,2,12,14,16H2,1H3,(H,34,39)(H,37,38). The summed E-state index contributed by atoms with van der Waals surface area (Å²) in [6, 6.07) is 16.7. The van der Waals surface area contributed by atoms with Gasteiger partial charge in [0, 0.05) is 29.1 Å². The molecule has 2 N–H and O–H groups in total. The fourth-order valence-electron chi connectivity index (χ4n) is 4.12. The molecule has 10 heteroatoms. The van der Waals surface area contributed by atoms with Gasteiger partial charge < -0.3 is 10.4 Å². The number of carbonyl (C=O) groups excluding carboxylic acids is 1. The molecule has 0 saturated carbocycles. The lowest BCUT2D eigenvalue weighted by molar-refractivity contribution is -0.138. The van der Waals surface area contributed by atoms with Crippen molar-refractivity contribution in [2.24, 2.45) is 5.92 Å². The molecule has 0 fully saturated rings. The third-order valence-electron chi connectivity index (χ3n) is 6.25. The van der Waals surface area contributed by atoms with Gasteiger partial charge in [0.05, 0.1) is 28.0 Å². The maximum absolute atomic E-state index is 13.1. The second-order valence-electron chi connectivity index (χ2n) is 9.35. The number of aliphatic carboxylic acids is 1. The molecule has 3 aromatic carbocycles. The van der Waals surface area contributed by atoms with E-state index in [0.717, 1.165) is 17.7 Å². The SMILES string of the molecule is CC(CCc1nc2cc(C(=O)NCc3ccc(Cl)cc3)ccc2nc1-c1ccc(C(F)(F)F)cc1)CC(=O)O. The van der Waals surface area contributed by atoms with Gasteiger partial charge in [-0.25, -0.2) is 9.97 Å². The van der Waals surface area contributed by atoms with E-state index in [9.17, 15) is 22.8 Å². The molecule has 4 rings (SSSR count). The van der Waals surface area contributed by atoms with Crippen LogP contribution in [0.2, 0.25) is 5.02 Å². The zero-order valence-corrected chi connectivity index (χ0v) is 21.7. The van der Waals surface area contributed by atoms with Gasteiger partial charge in [0.15, 0.2) is 0 Å². The first-order valence-electron chi connectivity index (χ1n) is 12.2. The van der Waals surface area contributed by atoms with Crippen LogP contribution in [-0.2, 0) is 23.9 Å². The zero-order chi connectivity index (χ0) is 28.2. The summed E-state index contributed by atoms with van der Waals surface area (Å²) < 4.78 is 39.2. The van der Waals surface area contributed by atoms with Crippen LogP contribution in [0.1, 0.15) is 46.9 Å². The van der Waals surface area contributed by atoms with Crippen LogP contribution in [0.5, 0.6) is 0 Å². The number of hydrogen-bond donors (Lipinski definition) is 2. The molecule has 1 unspecified atom stereocenters. The van der Waals surface area contributed by atoms with E-state index in [4.69, 9.17) is 21.7 Å². The van der Waals surface area contributed by atoms with Crippen LogP contribution in [0.25, 0.3) is 22.3 Å². The predicted molar refractivity (Wildman–Crippen MR) is 142 cm³/mol. The van der Waals surface area contributed by atoms with Crippen LogP contribution in [0.15, 0.2) is 66.7 Å². The van der Waals surface area contributed by atoms with Crippen molar-refractivity contribution in [3.63, 3.8) is 0 Å². The Morgan fingerprint density at radius 3 is 2.31 bits per heavy atom. The van der Waals surface area contributed by atoms with Crippen molar-refractivity contribution in [3.05, 3.63) is 94.1 Å². The molecular weight excluding hydrogens is 531 g/mol. The van der Waals surface area contributed by atoms with E-state index >= 15 is 0 Å². The van der Waals surface area contributed by atoms with Gasteiger partial charge in [0.2, 0.25) is 0 Å². The zero-order valence-electron chi connectivity index (χ0n) is 20.9. The number of alkyl halides is 3. The third kappa shape index (κ3) is 7.32. The maximum atomic E-state index is 13.1. The number of nitrogens with zero attached hydrogens (tertiary/aromatic N) is 2. The van der Waals surface area contributed by atoms with Crippen molar-refractivity contribution >= 4 is 34.5 Å². The molecule has 0 bridgehead atoms. The number of carboxylic acids is 1. The first kappa shape index (κ1) is 28.0. The largest absolute Gasteiger partial charge is 0.481 e. The Hall–Kier alpha value is -3.98.